The van der Waals surface area contributed by atoms with Gasteiger partial charge in [-0.2, -0.15) is 13.5 Å². The molecule has 6 heavy (non-hydrogen) atoms. The number of hydrogen-bond acceptors (Lipinski definition) is 2. The van der Waals surface area contributed by atoms with Crippen molar-refractivity contribution >= 4 is 13.5 Å². The molecule has 0 aromatic rings. The highest BCUT2D eigenvalue weighted by Gasteiger charge is 0.841. The Morgan fingerprint density at radius 2 is 2.33 bits per heavy atom. The quantitative estimate of drug-likeness (QED) is 0.475. The third-order valence-corrected chi connectivity index (χ3v) is 0. The summed E-state index contributed by atoms with van der Waals surface area (Å²) in [7, 11) is -5.08. The second kappa shape index (κ2) is 1320. The van der Waals surface area contributed by atoms with E-state index in [1.807, 2.05) is 0 Å². The third-order valence-electron chi connectivity index (χ3n) is 0. The third kappa shape index (κ3) is 626. The van der Waals surface area contributed by atoms with Crippen LogP contribution in [0, 0.1) is 0 Å². The molecule has 0 fully saturated rings. The maximum atomic E-state index is 6.10. The molecule has 0 aliphatic carbocycles. The monoisotopic (exact) mass is 123 g/mol. The van der Waals surface area contributed by atoms with Crippen molar-refractivity contribution in [2.45, 2.75) is 7.43 Å². The summed E-state index contributed by atoms with van der Waals surface area (Å²) in [5.41, 5.74) is 0. The SMILES string of the molecule is C.S.[2H]C([2H])([2H])O[3H].[2H]OC([2H])([2H])[2H]. The predicted molar refractivity (Wildman–Crippen MR) is 33.4 cm³/mol. The van der Waals surface area contributed by atoms with Gasteiger partial charge in [-0.15, -0.1) is 0 Å². The minimum atomic E-state index is -2.54. The Hall–Kier alpha value is 0.270. The molecular formula is C3H14O2S. The van der Waals surface area contributed by atoms with Gasteiger partial charge in [-0.25, -0.2) is 0 Å². The first kappa shape index (κ1) is 1.65. The first-order chi connectivity index (χ1) is 5.12. The van der Waals surface area contributed by atoms with Crippen LogP contribution in [-0.2, 0) is 0 Å². The van der Waals surface area contributed by atoms with E-state index in [0.29, 0.717) is 0 Å². The van der Waals surface area contributed by atoms with Gasteiger partial charge in [0, 0.05) is 14.1 Å². The zero-order valence-corrected chi connectivity index (χ0v) is 3.32. The normalized spacial score (nSPS) is 25.3. The molecule has 0 aromatic carbocycles. The molecule has 2 nitrogen and oxygen atoms in total. The molecule has 0 aliphatic heterocycles. The van der Waals surface area contributed by atoms with Gasteiger partial charge in [0.25, 0.3) is 0 Å². The van der Waals surface area contributed by atoms with Gasteiger partial charge in [0.05, 0.1) is 8.22 Å². The minimum absolute atomic E-state index is 0. The summed E-state index contributed by atoms with van der Waals surface area (Å²) in [6, 6.07) is 0. The van der Waals surface area contributed by atoms with E-state index in [0.717, 1.165) is 0 Å². The van der Waals surface area contributed by atoms with Crippen LogP contribution in [0.4, 0.5) is 0 Å². The maximum absolute atomic E-state index is 6.10. The molecule has 0 aliphatic rings. The zero-order valence-electron chi connectivity index (χ0n) is 10.3. The molecule has 0 saturated carbocycles. The summed E-state index contributed by atoms with van der Waals surface area (Å²) in [5.74, 6) is 0. The van der Waals surface area contributed by atoms with Gasteiger partial charge in [0.15, 0.2) is 0 Å². The molecule has 0 bridgehead atoms. The van der Waals surface area contributed by atoms with Crippen molar-refractivity contribution in [1.29, 1.82) is 2.86 Å². The first-order valence-corrected chi connectivity index (χ1v) is 0.408. The van der Waals surface area contributed by atoms with Crippen LogP contribution in [-0.4, -0.2) is 27.2 Å². The van der Waals surface area contributed by atoms with Crippen LogP contribution in [0.5, 0.6) is 0 Å². The van der Waals surface area contributed by atoms with Crippen LogP contribution in [0.25, 0.3) is 0 Å². The Labute approximate surface area is 57.7 Å². The lowest BCUT2D eigenvalue weighted by Gasteiger charge is -1.21. The second-order valence-electron chi connectivity index (χ2n) is 0. The van der Waals surface area contributed by atoms with E-state index in [-0.39, 0.29) is 20.9 Å². The van der Waals surface area contributed by atoms with Gasteiger partial charge >= 0.3 is 0 Å². The van der Waals surface area contributed by atoms with Crippen molar-refractivity contribution in [3.05, 3.63) is 0 Å². The van der Waals surface area contributed by atoms with Gasteiger partial charge in [-0.3, -0.25) is 0 Å². The number of aliphatic hydroxyl groups is 2. The largest absolute Gasteiger partial charge is 0.400 e. The summed E-state index contributed by atoms with van der Waals surface area (Å²) in [5, 5.41) is 6.38. The fraction of sp³-hybridized carbons (Fsp3) is 1.00. The summed E-state index contributed by atoms with van der Waals surface area (Å²) in [6.45, 7) is 0. The lowest BCUT2D eigenvalue weighted by molar-refractivity contribution is 0.399. The van der Waals surface area contributed by atoms with Crippen molar-refractivity contribution in [1.82, 2.24) is 0 Å². The summed E-state index contributed by atoms with van der Waals surface area (Å²) < 4.78 is 48.2. The molecule has 0 radical (unpaired) electrons. The van der Waals surface area contributed by atoms with Crippen LogP contribution >= 0.6 is 13.5 Å². The molecule has 0 saturated heterocycles. The maximum Gasteiger partial charge on any atom is 0.210 e. The molecule has 2 N–H and O–H groups in total. The van der Waals surface area contributed by atoms with E-state index in [1.54, 1.807) is 0 Å². The van der Waals surface area contributed by atoms with Gasteiger partial charge in [0.2, 0.25) is 2.86 Å². The Bertz CT molecular complexity index is 96.1. The van der Waals surface area contributed by atoms with Crippen molar-refractivity contribution in [3.63, 3.8) is 0 Å². The second-order valence-corrected chi connectivity index (χ2v) is 0. The van der Waals surface area contributed by atoms with Crippen LogP contribution in [0.15, 0.2) is 0 Å². The molecule has 3 heteroatoms. The molecule has 44 valence electrons. The molecule has 0 spiro atoms. The average Bonchev–Trinajstić information content (AvgIpc) is 1.86. The number of hydrogen-bond donors (Lipinski definition) is 2. The van der Waals surface area contributed by atoms with Crippen LogP contribution < -0.4 is 0 Å². The van der Waals surface area contributed by atoms with E-state index >= 15 is 0 Å². The van der Waals surface area contributed by atoms with Gasteiger partial charge < -0.3 is 10.2 Å². The average molecular weight is 123 g/mol. The summed E-state index contributed by atoms with van der Waals surface area (Å²) in [6.07, 6.45) is 0. The fourth-order valence-electron chi connectivity index (χ4n) is 0. The topological polar surface area (TPSA) is 40.5 Å². The van der Waals surface area contributed by atoms with Gasteiger partial charge in [-0.05, 0) is 0 Å². The lowest BCUT2D eigenvalue weighted by atomic mass is 11.8. The smallest absolute Gasteiger partial charge is 0.210 e. The number of rotatable bonds is 0. The van der Waals surface area contributed by atoms with Gasteiger partial charge in [-0.1, -0.05) is 7.43 Å². The standard InChI is InChI=1S/2CH4O.CH4.H2S/c2*1-2;;/h2*2H,1H3;1H4;1H2/i1D3,2T;1D3,2D;;. The van der Waals surface area contributed by atoms with Crippen LogP contribution in [0.2, 0.25) is 0 Å². The van der Waals surface area contributed by atoms with E-state index < -0.39 is 14.1 Å². The Balaban J connectivity index is -0.0000000625. The summed E-state index contributed by atoms with van der Waals surface area (Å²) >= 11 is 0. The van der Waals surface area contributed by atoms with Crippen molar-refractivity contribution < 1.29 is 18.4 Å². The molecule has 0 unspecified atom stereocenters. The molecule has 0 aromatic heterocycles. The van der Waals surface area contributed by atoms with Crippen LogP contribution in [0.1, 0.15) is 15.7 Å². The van der Waals surface area contributed by atoms with E-state index in [9.17, 15) is 0 Å². The van der Waals surface area contributed by atoms with E-state index in [2.05, 4.69) is 10.2 Å². The van der Waals surface area contributed by atoms with Crippen molar-refractivity contribution in [2.75, 3.05) is 14.1 Å². The Morgan fingerprint density at radius 3 is 2.33 bits per heavy atom. The summed E-state index contributed by atoms with van der Waals surface area (Å²) in [4.78, 5) is 0. The molecule has 0 heterocycles. The predicted octanol–water partition coefficient (Wildman–Crippen LogP) is -0.0341. The van der Waals surface area contributed by atoms with E-state index in [4.69, 9.17) is 11.1 Å². The molecular weight excluding hydrogens is 100 g/mol. The fourth-order valence-corrected chi connectivity index (χ4v) is 0. The van der Waals surface area contributed by atoms with Crippen molar-refractivity contribution in [3.8, 4) is 0 Å². The molecule has 0 amide bonds. The zero-order chi connectivity index (χ0) is 10.4. The molecule has 0 rings (SSSR count). The Kier molecular flexibility index (Phi) is 363. The molecule has 0 atom stereocenters. The van der Waals surface area contributed by atoms with Crippen molar-refractivity contribution in [2.24, 2.45) is 0 Å². The Morgan fingerprint density at radius 1 is 2.00 bits per heavy atom. The van der Waals surface area contributed by atoms with E-state index in [1.165, 1.54) is 0 Å². The highest BCUT2D eigenvalue weighted by Crippen LogP contribution is 0.757. The first-order valence-electron chi connectivity index (χ1n) is 4.22. The van der Waals surface area contributed by atoms with Crippen LogP contribution in [0.3, 0.4) is 0 Å². The minimum Gasteiger partial charge on any atom is -0.400 e. The lowest BCUT2D eigenvalue weighted by Crippen LogP contribution is -1.25. The highest BCUT2D eigenvalue weighted by atomic mass is 32.1. The van der Waals surface area contributed by atoms with Gasteiger partial charge in [0.1, 0.15) is 0 Å². The highest BCUT2D eigenvalue weighted by molar-refractivity contribution is 7.59.